The lowest BCUT2D eigenvalue weighted by atomic mass is 10.0. The van der Waals surface area contributed by atoms with E-state index in [0.717, 1.165) is 10.5 Å². The number of benzene rings is 1. The van der Waals surface area contributed by atoms with Gasteiger partial charge in [-0.25, -0.2) is 0 Å². The van der Waals surface area contributed by atoms with Crippen molar-refractivity contribution < 1.29 is 23.7 Å². The van der Waals surface area contributed by atoms with Crippen LogP contribution in [-0.2, 0) is 25.7 Å². The van der Waals surface area contributed by atoms with E-state index >= 15 is 0 Å². The van der Waals surface area contributed by atoms with E-state index in [2.05, 4.69) is 10.5 Å². The topological polar surface area (TPSA) is 113 Å². The molecule has 3 heterocycles. The summed E-state index contributed by atoms with van der Waals surface area (Å²) in [6.45, 7) is 0.216. The van der Waals surface area contributed by atoms with Crippen molar-refractivity contribution in [3.8, 4) is 11.3 Å². The second-order valence-electron chi connectivity index (χ2n) is 6.91. The summed E-state index contributed by atoms with van der Waals surface area (Å²) in [7, 11) is 1.65. The highest BCUT2D eigenvalue weighted by Gasteiger charge is 2.43. The van der Waals surface area contributed by atoms with Crippen LogP contribution < -0.4 is 5.32 Å². The number of nitrogens with one attached hydrogen (secondary N) is 1. The third-order valence-corrected chi connectivity index (χ3v) is 4.89. The van der Waals surface area contributed by atoms with Gasteiger partial charge in [0.25, 0.3) is 11.8 Å². The number of hydrogen-bond donors (Lipinski definition) is 1. The van der Waals surface area contributed by atoms with Gasteiger partial charge < -0.3 is 9.42 Å². The first-order valence-corrected chi connectivity index (χ1v) is 9.09. The molecule has 148 valence electrons. The molecule has 0 spiro atoms. The smallest absolute Gasteiger partial charge is 0.277 e. The van der Waals surface area contributed by atoms with E-state index < -0.39 is 29.7 Å². The van der Waals surface area contributed by atoms with Gasteiger partial charge >= 0.3 is 0 Å². The van der Waals surface area contributed by atoms with E-state index in [4.69, 9.17) is 4.52 Å². The van der Waals surface area contributed by atoms with Crippen LogP contribution in [0.4, 0.5) is 0 Å². The Kier molecular flexibility index (Phi) is 4.71. The molecule has 29 heavy (non-hydrogen) atoms. The molecule has 1 N–H and O–H groups in total. The Morgan fingerprint density at radius 1 is 1.21 bits per heavy atom. The van der Waals surface area contributed by atoms with Crippen LogP contribution in [0.25, 0.3) is 11.3 Å². The van der Waals surface area contributed by atoms with Crippen LogP contribution in [0.2, 0.25) is 0 Å². The van der Waals surface area contributed by atoms with Crippen molar-refractivity contribution in [3.05, 3.63) is 53.9 Å². The van der Waals surface area contributed by atoms with Gasteiger partial charge in [0.05, 0.1) is 6.54 Å². The number of imide groups is 2. The molecular formula is C20H18N4O5. The van der Waals surface area contributed by atoms with Crippen molar-refractivity contribution in [2.24, 2.45) is 0 Å². The number of carbonyl (C=O) groups is 4. The van der Waals surface area contributed by atoms with Gasteiger partial charge in [-0.1, -0.05) is 35.5 Å². The molecule has 0 saturated carbocycles. The molecule has 1 fully saturated rings. The fourth-order valence-corrected chi connectivity index (χ4v) is 3.42. The summed E-state index contributed by atoms with van der Waals surface area (Å²) in [5, 5.41) is 6.20. The van der Waals surface area contributed by atoms with Gasteiger partial charge in [0.1, 0.15) is 17.4 Å². The summed E-state index contributed by atoms with van der Waals surface area (Å²) < 4.78 is 5.35. The fraction of sp³-hybridized carbons (Fsp3) is 0.250. The van der Waals surface area contributed by atoms with Gasteiger partial charge in [0.2, 0.25) is 11.8 Å². The highest BCUT2D eigenvalue weighted by Crippen LogP contribution is 2.25. The molecule has 2 aliphatic heterocycles. The molecule has 1 aromatic heterocycles. The molecule has 0 aliphatic carbocycles. The molecule has 4 rings (SSSR count). The zero-order chi connectivity index (χ0) is 20.5. The van der Waals surface area contributed by atoms with Gasteiger partial charge in [-0.15, -0.1) is 0 Å². The van der Waals surface area contributed by atoms with Gasteiger partial charge in [-0.05, 0) is 6.42 Å². The molecule has 0 bridgehead atoms. The second-order valence-corrected chi connectivity index (χ2v) is 6.91. The third kappa shape index (κ3) is 3.54. The molecule has 9 heteroatoms. The Morgan fingerprint density at radius 2 is 1.97 bits per heavy atom. The van der Waals surface area contributed by atoms with E-state index in [-0.39, 0.29) is 25.1 Å². The van der Waals surface area contributed by atoms with Crippen molar-refractivity contribution in [1.82, 2.24) is 20.3 Å². The van der Waals surface area contributed by atoms with Crippen molar-refractivity contribution >= 4 is 23.6 Å². The van der Waals surface area contributed by atoms with Crippen LogP contribution in [-0.4, -0.2) is 51.7 Å². The van der Waals surface area contributed by atoms with Crippen molar-refractivity contribution in [2.45, 2.75) is 25.4 Å². The highest BCUT2D eigenvalue weighted by atomic mass is 16.5. The van der Waals surface area contributed by atoms with Crippen LogP contribution in [0.15, 0.2) is 52.7 Å². The first-order valence-electron chi connectivity index (χ1n) is 9.09. The largest absolute Gasteiger partial charge is 0.362 e. The summed E-state index contributed by atoms with van der Waals surface area (Å²) in [5.41, 5.74) is 1.72. The Labute approximate surface area is 165 Å². The van der Waals surface area contributed by atoms with E-state index in [9.17, 15) is 19.2 Å². The fourth-order valence-electron chi connectivity index (χ4n) is 3.42. The van der Waals surface area contributed by atoms with Crippen LogP contribution in [0, 0.1) is 0 Å². The maximum atomic E-state index is 12.8. The minimum atomic E-state index is -0.982. The normalized spacial score (nSPS) is 19.4. The number of amides is 4. The molecule has 1 atom stereocenters. The second kappa shape index (κ2) is 7.34. The molecule has 9 nitrogen and oxygen atoms in total. The van der Waals surface area contributed by atoms with Crippen LogP contribution >= 0.6 is 0 Å². The lowest BCUT2D eigenvalue weighted by Gasteiger charge is -2.29. The van der Waals surface area contributed by atoms with Crippen LogP contribution in [0.1, 0.15) is 18.6 Å². The SMILES string of the molecule is CN(Cc1cc(-c2ccccc2)no1)C1=CC(=O)N(C2CCC(=O)NC2=O)C1=O. The predicted molar refractivity (Wildman–Crippen MR) is 99.5 cm³/mol. The zero-order valence-corrected chi connectivity index (χ0v) is 15.6. The number of rotatable bonds is 5. The number of nitrogens with zero attached hydrogens (tertiary/aromatic N) is 3. The van der Waals surface area contributed by atoms with Crippen LogP contribution in [0.3, 0.4) is 0 Å². The molecule has 2 aliphatic rings. The molecule has 0 radical (unpaired) electrons. The quantitative estimate of drug-likeness (QED) is 0.748. The lowest BCUT2D eigenvalue weighted by molar-refractivity contribution is -0.150. The van der Waals surface area contributed by atoms with Crippen LogP contribution in [0.5, 0.6) is 0 Å². The minimum absolute atomic E-state index is 0.0823. The number of aromatic nitrogens is 1. The van der Waals surface area contributed by atoms with Gasteiger partial charge in [-0.2, -0.15) is 0 Å². The summed E-state index contributed by atoms with van der Waals surface area (Å²) >= 11 is 0. The predicted octanol–water partition coefficient (Wildman–Crippen LogP) is 0.831. The van der Waals surface area contributed by atoms with Crippen molar-refractivity contribution in [2.75, 3.05) is 7.05 Å². The average molecular weight is 394 g/mol. The average Bonchev–Trinajstić information content (AvgIpc) is 3.28. The lowest BCUT2D eigenvalue weighted by Crippen LogP contribution is -2.54. The number of likely N-dealkylation sites (N-methyl/N-ethyl adjacent to an activating group) is 1. The van der Waals surface area contributed by atoms with Gasteiger partial charge in [0, 0.05) is 31.2 Å². The first-order chi connectivity index (χ1) is 13.9. The number of hydrogen-bond acceptors (Lipinski definition) is 7. The standard InChI is InChI=1S/C20H18N4O5/c1-23(11-13-9-14(22-29-13)12-5-3-2-4-6-12)16-10-18(26)24(20(16)28)15-7-8-17(25)21-19(15)27/h2-6,9-10,15H,7-8,11H2,1H3,(H,21,25,27). The van der Waals surface area contributed by atoms with E-state index in [0.29, 0.717) is 11.5 Å². The number of carbonyl (C=O) groups excluding carboxylic acids is 4. The molecular weight excluding hydrogens is 376 g/mol. The Balaban J connectivity index is 1.46. The highest BCUT2D eigenvalue weighted by molar-refractivity contribution is 6.18. The van der Waals surface area contributed by atoms with Gasteiger partial charge in [0.15, 0.2) is 5.76 Å². The summed E-state index contributed by atoms with van der Waals surface area (Å²) in [4.78, 5) is 51.0. The summed E-state index contributed by atoms with van der Waals surface area (Å²) in [5.74, 6) is -1.67. The summed E-state index contributed by atoms with van der Waals surface area (Å²) in [6, 6.07) is 10.3. The van der Waals surface area contributed by atoms with E-state index in [1.165, 1.54) is 6.08 Å². The molecule has 1 saturated heterocycles. The Morgan fingerprint density at radius 3 is 2.69 bits per heavy atom. The van der Waals surface area contributed by atoms with Crippen molar-refractivity contribution in [3.63, 3.8) is 0 Å². The molecule has 2 aromatic rings. The zero-order valence-electron chi connectivity index (χ0n) is 15.6. The van der Waals surface area contributed by atoms with E-state index in [1.807, 2.05) is 30.3 Å². The Bertz CT molecular complexity index is 1030. The minimum Gasteiger partial charge on any atom is -0.362 e. The summed E-state index contributed by atoms with van der Waals surface area (Å²) in [6.07, 6.45) is 1.40. The number of piperidine rings is 1. The maximum absolute atomic E-state index is 12.8. The van der Waals surface area contributed by atoms with Crippen molar-refractivity contribution in [1.29, 1.82) is 0 Å². The molecule has 4 amide bonds. The van der Waals surface area contributed by atoms with E-state index in [1.54, 1.807) is 18.0 Å². The third-order valence-electron chi connectivity index (χ3n) is 4.89. The first kappa shape index (κ1) is 18.6. The maximum Gasteiger partial charge on any atom is 0.277 e. The van der Waals surface area contributed by atoms with Gasteiger partial charge in [-0.3, -0.25) is 29.4 Å². The monoisotopic (exact) mass is 394 g/mol. The Hall–Kier alpha value is -3.75. The molecule has 1 unspecified atom stereocenters. The molecule has 1 aromatic carbocycles.